The molecule has 11 unspecified atom stereocenters. The Balaban J connectivity index is 0.000000152. The summed E-state index contributed by atoms with van der Waals surface area (Å²) in [5, 5.41) is 21.3. The number of benzene rings is 1. The van der Waals surface area contributed by atoms with Crippen molar-refractivity contribution in [3.05, 3.63) is 27.8 Å². The number of rotatable bonds is 28. The largest absolute Gasteiger partial charge is 0.459 e. The fourth-order valence-electron chi connectivity index (χ4n) is 27.6. The molecule has 23 nitrogen and oxygen atoms in total. The molecule has 2 saturated heterocycles. The Morgan fingerprint density at radius 1 is 0.435 bits per heavy atom. The summed E-state index contributed by atoms with van der Waals surface area (Å²) < 4.78 is 66.2. The van der Waals surface area contributed by atoms with E-state index in [0.29, 0.717) is 110 Å². The van der Waals surface area contributed by atoms with Crippen LogP contribution in [0.1, 0.15) is 389 Å². The number of carbonyl (C=O) groups excluding carboxylic acids is 10. The molecule has 2 aliphatic heterocycles. The first kappa shape index (κ1) is 103. The minimum atomic E-state index is -3.38. The molecule has 0 spiro atoms. The van der Waals surface area contributed by atoms with Gasteiger partial charge in [0.1, 0.15) is 29.0 Å². The van der Waals surface area contributed by atoms with Crippen LogP contribution in [0, 0.1) is 124 Å². The summed E-state index contributed by atoms with van der Waals surface area (Å²) in [6.45, 7) is 41.3. The van der Waals surface area contributed by atoms with Gasteiger partial charge in [0.2, 0.25) is 0 Å². The number of ether oxygens (including phenoxy) is 9. The summed E-state index contributed by atoms with van der Waals surface area (Å²) in [4.78, 5) is 129. The number of halogens is 1. The number of methoxy groups -OCH3 is 1. The third-order valence-electron chi connectivity index (χ3n) is 36.4. The van der Waals surface area contributed by atoms with Gasteiger partial charge in [-0.3, -0.25) is 24.0 Å². The van der Waals surface area contributed by atoms with Gasteiger partial charge >= 0.3 is 349 Å². The van der Waals surface area contributed by atoms with Gasteiger partial charge in [0.05, 0.1) is 38.8 Å². The zero-order chi connectivity index (χ0) is 95.8. The molecule has 22 rings (SSSR count). The van der Waals surface area contributed by atoms with Crippen molar-refractivity contribution in [2.45, 2.75) is 441 Å². The Morgan fingerprint density at radius 3 is 1.23 bits per heavy atom. The molecule has 11 atom stereocenters. The van der Waals surface area contributed by atoms with E-state index in [9.17, 15) is 58.2 Å². The third kappa shape index (κ3) is 21.6. The van der Waals surface area contributed by atoms with E-state index in [-0.39, 0.29) is 124 Å². The van der Waals surface area contributed by atoms with Gasteiger partial charge in [-0.25, -0.2) is 4.79 Å². The number of fused-ring (bicyclic) bond motifs is 1. The summed E-state index contributed by atoms with van der Waals surface area (Å²) in [6, 6.07) is 7.31. The van der Waals surface area contributed by atoms with Crippen molar-refractivity contribution in [3.8, 4) is 5.75 Å². The van der Waals surface area contributed by atoms with E-state index < -0.39 is 99.2 Å². The monoisotopic (exact) mass is 1950 g/mol. The second-order valence-corrected chi connectivity index (χ2v) is 52.7. The van der Waals surface area contributed by atoms with Crippen LogP contribution >= 0.6 is 20.6 Å². The molecule has 2 heterocycles. The number of esters is 8. The fourth-order valence-corrected chi connectivity index (χ4v) is 30.9. The molecule has 738 valence electrons. The van der Waals surface area contributed by atoms with Crippen molar-refractivity contribution >= 4 is 80.3 Å². The molecule has 2 N–H and O–H groups in total. The van der Waals surface area contributed by atoms with E-state index in [2.05, 4.69) is 27.7 Å². The maximum Gasteiger partial charge on any atom is 0.344 e. The minimum Gasteiger partial charge on any atom is -0.459 e. The molecule has 21 aliphatic rings. The molecular weight excluding hydrogens is 1780 g/mol. The summed E-state index contributed by atoms with van der Waals surface area (Å²) >= 11 is -3.38. The van der Waals surface area contributed by atoms with Gasteiger partial charge in [-0.1, -0.05) is 48.5 Å². The van der Waals surface area contributed by atoms with Gasteiger partial charge < -0.3 is 38.6 Å². The molecule has 1 aromatic carbocycles. The molecule has 21 fully saturated rings. The van der Waals surface area contributed by atoms with Crippen LogP contribution in [0.2, 0.25) is 0 Å². The average Bonchev–Trinajstić information content (AvgIpc) is 1.27. The Morgan fingerprint density at radius 2 is 0.824 bits per heavy atom. The first-order chi connectivity index (χ1) is 61.1. The van der Waals surface area contributed by atoms with Gasteiger partial charge in [0.25, 0.3) is 0 Å². The van der Waals surface area contributed by atoms with Crippen LogP contribution in [-0.4, -0.2) is 135 Å². The van der Waals surface area contributed by atoms with Gasteiger partial charge in [0.15, 0.2) is 6.61 Å². The molecule has 0 aromatic heterocycles. The summed E-state index contributed by atoms with van der Waals surface area (Å²) in [5.41, 5.74) is -8.52. The SMILES string of the molecule is CCC(C)(C)C(=O)OC1(C(C)C)C2CC3CC(C2)CC1C3.CCC(C)(C)C(=O)OC12CC3CC(C1)CC(C(=O)OI(OC(=O)C14CC5CC(CC(OC(=O)C(C)(C)CC)(C5)C1)C4)c1ccc(OC)cc1)(C3)C2.CCC(C)(C)C(=O)OC12CC3CC(O)(CC(O)(C3)C1)C2.CCC(C)(C)C(=O)OCC(=O)OC1C2CC3CC(C2)C(=O)OC1C3.CCC1(OC(=O)C(C)(C)CC)CCCC1. The van der Waals surface area contributed by atoms with E-state index in [1.165, 1.54) is 44.9 Å². The fraction of sp³-hybridized carbons (Fsp3) is 0.850. The molecule has 19 saturated carbocycles. The predicted molar refractivity (Wildman–Crippen MR) is 502 cm³/mol. The zero-order valence-corrected chi connectivity index (χ0v) is 86.0. The van der Waals surface area contributed by atoms with Crippen LogP contribution in [-0.2, 0) is 92.0 Å². The summed E-state index contributed by atoms with van der Waals surface area (Å²) in [7, 11) is 1.60. The number of carbonyl (C=O) groups is 10. The van der Waals surface area contributed by atoms with Crippen molar-refractivity contribution in [1.29, 1.82) is 0 Å². The predicted octanol–water partition coefficient (Wildman–Crippen LogP) is 21.8. The molecule has 20 bridgehead atoms. The van der Waals surface area contributed by atoms with Crippen molar-refractivity contribution in [1.82, 2.24) is 0 Å². The topological polar surface area (TPSA) is 313 Å². The van der Waals surface area contributed by atoms with Crippen LogP contribution in [0.25, 0.3) is 0 Å². The van der Waals surface area contributed by atoms with Crippen molar-refractivity contribution in [2.24, 2.45) is 120 Å². The summed E-state index contributed by atoms with van der Waals surface area (Å²) in [6.07, 6.45) is 31.7. The average molecular weight is 1950 g/mol. The third-order valence-corrected chi connectivity index (χ3v) is 39.7. The van der Waals surface area contributed by atoms with E-state index in [0.717, 1.165) is 134 Å². The molecule has 0 amide bonds. The summed E-state index contributed by atoms with van der Waals surface area (Å²) in [5.74, 6) is 3.82. The standard InChI is InChI=1S/C41H57IO9.C19H32O2.C18H26O6.C16H26O4.C13H24O2/c1-8-36(3,4)32(43)48-40-20-26-14-27(21-40)17-38(16-26,24-40)34(45)50-42(30-10-12-31(47-7)13-11-30)51-35(46)39-18-28-15-29(19-39)23-41(22-28,25-39)49-33(44)37(5,6)9-2;1-6-18(4,5)17(20)21-19(12(2)3)15-8-13-7-14(10-15)11-16(19)9-13;1-4-18(2,3)17(21)22-9-14(19)24-15-11-5-10-6-12(8-11)16(20)23-13(15)7-10;1-4-13(2,3)12(17)20-16-7-11-5-14(18,9-16)8-15(19,6-11)10-16;1-5-12(3,4)11(14)15-13(6-2)9-7-8-10-13/h10-13,26-29H,8-9,14-25H2,1-7H3;12-16H,6-11H2,1-5H3;10-13,15H,4-9H2,1-3H3;11,18-19H,4-10H2,1-3H3;5-10H2,1-4H3. The Labute approximate surface area is 790 Å². The maximum absolute atomic E-state index is 14.6. The second-order valence-electron chi connectivity index (χ2n) is 49.3. The smallest absolute Gasteiger partial charge is 0.344 e. The Hall–Kier alpha value is -5.63. The number of aliphatic hydroxyl groups is 2. The molecule has 1 aromatic rings. The normalized spacial score (nSPS) is 36.6. The Kier molecular flexibility index (Phi) is 30.0. The van der Waals surface area contributed by atoms with Crippen LogP contribution in [0.15, 0.2) is 24.3 Å². The molecule has 0 radical (unpaired) electrons. The van der Waals surface area contributed by atoms with Crippen molar-refractivity contribution < 1.29 is 107 Å². The molecule has 131 heavy (non-hydrogen) atoms. The van der Waals surface area contributed by atoms with Gasteiger partial charge in [-0.15, -0.1) is 0 Å². The maximum atomic E-state index is 14.6. The van der Waals surface area contributed by atoms with E-state index in [1.807, 2.05) is 128 Å². The molecular formula is C107H165IO23. The van der Waals surface area contributed by atoms with Crippen LogP contribution in [0.5, 0.6) is 5.75 Å². The first-order valence-corrected chi connectivity index (χ1v) is 53.9. The van der Waals surface area contributed by atoms with Crippen LogP contribution in [0.3, 0.4) is 0 Å². The van der Waals surface area contributed by atoms with Gasteiger partial charge in [0, 0.05) is 25.2 Å². The van der Waals surface area contributed by atoms with E-state index in [1.54, 1.807) is 21.0 Å². The van der Waals surface area contributed by atoms with Crippen molar-refractivity contribution in [2.75, 3.05) is 13.7 Å². The van der Waals surface area contributed by atoms with Gasteiger partial charge in [-0.2, -0.15) is 0 Å². The zero-order valence-electron chi connectivity index (χ0n) is 83.9. The van der Waals surface area contributed by atoms with Crippen LogP contribution in [0.4, 0.5) is 0 Å². The van der Waals surface area contributed by atoms with Crippen LogP contribution < -0.4 is 4.74 Å². The van der Waals surface area contributed by atoms with E-state index in [4.69, 9.17) is 48.8 Å². The molecule has 19 aliphatic carbocycles. The Bertz CT molecular complexity index is 4160. The quantitative estimate of drug-likeness (QED) is 0.0447. The van der Waals surface area contributed by atoms with E-state index >= 15 is 0 Å². The number of hydrogen-bond donors (Lipinski definition) is 2. The molecule has 24 heteroatoms. The second kappa shape index (κ2) is 38.3. The number of hydrogen-bond acceptors (Lipinski definition) is 23. The minimum absolute atomic E-state index is 0.0197. The first-order valence-electron chi connectivity index (χ1n) is 51.1. The van der Waals surface area contributed by atoms with Gasteiger partial charge in [-0.05, 0) is 232 Å². The van der Waals surface area contributed by atoms with Crippen molar-refractivity contribution in [3.63, 3.8) is 0 Å².